The summed E-state index contributed by atoms with van der Waals surface area (Å²) in [6.07, 6.45) is 2.90. The van der Waals surface area contributed by atoms with E-state index in [0.717, 1.165) is 19.3 Å². The quantitative estimate of drug-likeness (QED) is 0.602. The Morgan fingerprint density at radius 1 is 1.54 bits per heavy atom. The van der Waals surface area contributed by atoms with Crippen LogP contribution in [0.25, 0.3) is 0 Å². The molecule has 0 bridgehead atoms. The minimum atomic E-state index is -0.758. The lowest BCUT2D eigenvalue weighted by Crippen LogP contribution is -2.27. The highest BCUT2D eigenvalue weighted by atomic mass is 32.2. The smallest absolute Gasteiger partial charge is 0.0471 e. The van der Waals surface area contributed by atoms with Crippen molar-refractivity contribution in [2.45, 2.75) is 32.2 Å². The zero-order valence-electron chi connectivity index (χ0n) is 8.62. The van der Waals surface area contributed by atoms with E-state index in [0.29, 0.717) is 18.1 Å². The maximum Gasteiger partial charge on any atom is 0.0471 e. The highest BCUT2D eigenvalue weighted by Crippen LogP contribution is 1.97. The first-order valence-corrected chi connectivity index (χ1v) is 6.29. The third-order valence-corrected chi connectivity index (χ3v) is 3.32. The third kappa shape index (κ3) is 8.40. The van der Waals surface area contributed by atoms with Crippen molar-refractivity contribution in [2.24, 2.45) is 5.73 Å². The van der Waals surface area contributed by atoms with Gasteiger partial charge in [0.05, 0.1) is 0 Å². The number of hydrogen-bond acceptors (Lipinski definition) is 3. The van der Waals surface area contributed by atoms with Crippen LogP contribution in [-0.2, 0) is 15.5 Å². The molecule has 0 aromatic heterocycles. The molecule has 0 aliphatic carbocycles. The van der Waals surface area contributed by atoms with Gasteiger partial charge in [-0.2, -0.15) is 0 Å². The molecule has 13 heavy (non-hydrogen) atoms. The molecule has 0 aliphatic rings. The molecule has 0 radical (unpaired) electrons. The maximum atomic E-state index is 11.4. The van der Waals surface area contributed by atoms with Gasteiger partial charge in [-0.15, -0.1) is 0 Å². The highest BCUT2D eigenvalue weighted by molar-refractivity contribution is 7.85. The molecule has 0 amide bonds. The van der Waals surface area contributed by atoms with Gasteiger partial charge in [0, 0.05) is 42.1 Å². The number of rotatable bonds is 8. The Hall–Kier alpha value is 0.0700. The Bertz CT molecular complexity index is 142. The molecule has 2 atom stereocenters. The van der Waals surface area contributed by atoms with Crippen molar-refractivity contribution in [3.8, 4) is 0 Å². The van der Waals surface area contributed by atoms with E-state index >= 15 is 0 Å². The Balaban J connectivity index is 3.38. The van der Waals surface area contributed by atoms with Crippen LogP contribution in [0, 0.1) is 0 Å². The summed E-state index contributed by atoms with van der Waals surface area (Å²) in [7, 11) is 0.900. The van der Waals surface area contributed by atoms with Crippen LogP contribution in [0.1, 0.15) is 26.2 Å². The second kappa shape index (κ2) is 8.66. The van der Waals surface area contributed by atoms with Gasteiger partial charge in [0.1, 0.15) is 0 Å². The summed E-state index contributed by atoms with van der Waals surface area (Å²) < 4.78 is 16.3. The summed E-state index contributed by atoms with van der Waals surface area (Å²) in [5.41, 5.74) is 5.77. The summed E-state index contributed by atoms with van der Waals surface area (Å²) in [6.45, 7) is 2.78. The van der Waals surface area contributed by atoms with Crippen molar-refractivity contribution in [1.29, 1.82) is 0 Å². The Kier molecular flexibility index (Phi) is 8.71. The summed E-state index contributed by atoms with van der Waals surface area (Å²) in [4.78, 5) is 0. The van der Waals surface area contributed by atoms with E-state index in [1.807, 2.05) is 0 Å². The van der Waals surface area contributed by atoms with Crippen molar-refractivity contribution in [1.82, 2.24) is 0 Å². The fourth-order valence-corrected chi connectivity index (χ4v) is 2.39. The number of ether oxygens (including phenoxy) is 1. The van der Waals surface area contributed by atoms with Crippen LogP contribution in [0.3, 0.4) is 0 Å². The zero-order valence-corrected chi connectivity index (χ0v) is 9.44. The molecule has 0 aromatic rings. The van der Waals surface area contributed by atoms with Crippen LogP contribution in [0.5, 0.6) is 0 Å². The molecule has 0 fully saturated rings. The highest BCUT2D eigenvalue weighted by Gasteiger charge is 2.06. The molecule has 0 aliphatic heterocycles. The van der Waals surface area contributed by atoms with Crippen LogP contribution >= 0.6 is 0 Å². The van der Waals surface area contributed by atoms with Gasteiger partial charge in [0.2, 0.25) is 0 Å². The van der Waals surface area contributed by atoms with Crippen molar-refractivity contribution >= 4 is 10.8 Å². The van der Waals surface area contributed by atoms with Crippen molar-refractivity contribution in [3.63, 3.8) is 0 Å². The zero-order chi connectivity index (χ0) is 10.1. The molecule has 0 saturated carbocycles. The number of hydrogen-bond donors (Lipinski definition) is 1. The van der Waals surface area contributed by atoms with Gasteiger partial charge >= 0.3 is 0 Å². The second-order valence-electron chi connectivity index (χ2n) is 3.21. The minimum absolute atomic E-state index is 0.105. The fourth-order valence-electron chi connectivity index (χ4n) is 1.14. The maximum absolute atomic E-state index is 11.4. The lowest BCUT2D eigenvalue weighted by Gasteiger charge is -2.09. The standard InChI is InChI=1S/C9H21NO2S/c1-3-5-9(10)8-13(11)7-4-6-12-2/h9H,3-8,10H2,1-2H3. The van der Waals surface area contributed by atoms with Gasteiger partial charge in [-0.3, -0.25) is 4.21 Å². The van der Waals surface area contributed by atoms with Crippen LogP contribution in [0.4, 0.5) is 0 Å². The van der Waals surface area contributed by atoms with Gasteiger partial charge in [-0.1, -0.05) is 13.3 Å². The monoisotopic (exact) mass is 207 g/mol. The third-order valence-electron chi connectivity index (χ3n) is 1.78. The number of nitrogens with two attached hydrogens (primary N) is 1. The van der Waals surface area contributed by atoms with Gasteiger partial charge in [0.15, 0.2) is 0 Å². The Morgan fingerprint density at radius 2 is 2.23 bits per heavy atom. The van der Waals surface area contributed by atoms with E-state index in [-0.39, 0.29) is 6.04 Å². The van der Waals surface area contributed by atoms with Gasteiger partial charge in [-0.05, 0) is 12.8 Å². The predicted octanol–water partition coefficient (Wildman–Crippen LogP) is 0.899. The van der Waals surface area contributed by atoms with Crippen LogP contribution in [0.2, 0.25) is 0 Å². The molecule has 80 valence electrons. The van der Waals surface area contributed by atoms with Crippen LogP contribution in [-0.4, -0.2) is 35.5 Å². The molecule has 0 saturated heterocycles. The fraction of sp³-hybridized carbons (Fsp3) is 1.00. The Labute approximate surface area is 83.5 Å². The molecule has 0 spiro atoms. The first-order valence-electron chi connectivity index (χ1n) is 4.80. The van der Waals surface area contributed by atoms with E-state index in [2.05, 4.69) is 6.92 Å². The summed E-state index contributed by atoms with van der Waals surface area (Å²) in [5, 5.41) is 0. The largest absolute Gasteiger partial charge is 0.385 e. The molecular weight excluding hydrogens is 186 g/mol. The first kappa shape index (κ1) is 13.1. The predicted molar refractivity (Wildman–Crippen MR) is 57.3 cm³/mol. The summed E-state index contributed by atoms with van der Waals surface area (Å²) in [6, 6.07) is 0.105. The molecule has 2 unspecified atom stereocenters. The lowest BCUT2D eigenvalue weighted by atomic mass is 10.2. The molecule has 0 rings (SSSR count). The van der Waals surface area contributed by atoms with E-state index in [1.165, 1.54) is 0 Å². The van der Waals surface area contributed by atoms with E-state index in [9.17, 15) is 4.21 Å². The Morgan fingerprint density at radius 3 is 2.77 bits per heavy atom. The van der Waals surface area contributed by atoms with E-state index in [4.69, 9.17) is 10.5 Å². The SMILES string of the molecule is CCCC(N)CS(=O)CCCOC. The first-order chi connectivity index (χ1) is 6.20. The summed E-state index contributed by atoms with van der Waals surface area (Å²) in [5.74, 6) is 1.35. The van der Waals surface area contributed by atoms with E-state index in [1.54, 1.807) is 7.11 Å². The van der Waals surface area contributed by atoms with Crippen LogP contribution in [0.15, 0.2) is 0 Å². The number of methoxy groups -OCH3 is 1. The minimum Gasteiger partial charge on any atom is -0.385 e. The molecule has 0 aromatic carbocycles. The van der Waals surface area contributed by atoms with Gasteiger partial charge in [0.25, 0.3) is 0 Å². The van der Waals surface area contributed by atoms with Crippen LogP contribution < -0.4 is 5.73 Å². The lowest BCUT2D eigenvalue weighted by molar-refractivity contribution is 0.200. The van der Waals surface area contributed by atoms with Crippen molar-refractivity contribution in [3.05, 3.63) is 0 Å². The molecule has 0 heterocycles. The van der Waals surface area contributed by atoms with Crippen molar-refractivity contribution in [2.75, 3.05) is 25.2 Å². The normalized spacial score (nSPS) is 15.6. The average Bonchev–Trinajstić information content (AvgIpc) is 2.05. The topological polar surface area (TPSA) is 52.3 Å². The van der Waals surface area contributed by atoms with Gasteiger partial charge in [-0.25, -0.2) is 0 Å². The average molecular weight is 207 g/mol. The molecule has 4 heteroatoms. The summed E-state index contributed by atoms with van der Waals surface area (Å²) >= 11 is 0. The molecule has 2 N–H and O–H groups in total. The second-order valence-corrected chi connectivity index (χ2v) is 4.83. The van der Waals surface area contributed by atoms with Crippen molar-refractivity contribution < 1.29 is 8.95 Å². The van der Waals surface area contributed by atoms with E-state index < -0.39 is 10.8 Å². The van der Waals surface area contributed by atoms with Gasteiger partial charge < -0.3 is 10.5 Å². The molecule has 3 nitrogen and oxygen atoms in total. The molecular formula is C9H21NO2S.